The maximum Gasteiger partial charge on any atom is 0.303 e. The molecule has 0 heterocycles. The van der Waals surface area contributed by atoms with Crippen molar-refractivity contribution >= 4 is 5.97 Å². The number of halogens is 2. The van der Waals surface area contributed by atoms with E-state index in [0.29, 0.717) is 12.8 Å². The summed E-state index contributed by atoms with van der Waals surface area (Å²) in [6.45, 7) is 1.47. The van der Waals surface area contributed by atoms with Crippen LogP contribution in [0.3, 0.4) is 0 Å². The van der Waals surface area contributed by atoms with E-state index >= 15 is 0 Å². The molecule has 0 amide bonds. The zero-order chi connectivity index (χ0) is 12.2. The SMILES string of the molecule is CC(CCC(=O)O)C(F)(F)C1CCCCC1. The summed E-state index contributed by atoms with van der Waals surface area (Å²) in [5.41, 5.74) is 0. The second kappa shape index (κ2) is 5.60. The van der Waals surface area contributed by atoms with Gasteiger partial charge >= 0.3 is 5.97 Å². The largest absolute Gasteiger partial charge is 0.481 e. The second-order valence-electron chi connectivity index (χ2n) is 4.84. The Hall–Kier alpha value is -0.670. The van der Waals surface area contributed by atoms with E-state index in [1.807, 2.05) is 0 Å². The van der Waals surface area contributed by atoms with E-state index in [1.54, 1.807) is 0 Å². The third kappa shape index (κ3) is 3.42. The Labute approximate surface area is 95.0 Å². The molecule has 0 bridgehead atoms. The molecule has 4 heteroatoms. The zero-order valence-corrected chi connectivity index (χ0v) is 9.72. The van der Waals surface area contributed by atoms with E-state index in [1.165, 1.54) is 6.92 Å². The lowest BCUT2D eigenvalue weighted by Crippen LogP contribution is -2.36. The number of carbonyl (C=O) groups is 1. The first-order valence-corrected chi connectivity index (χ1v) is 6.04. The van der Waals surface area contributed by atoms with Crippen LogP contribution in [0.2, 0.25) is 0 Å². The first-order chi connectivity index (χ1) is 7.44. The summed E-state index contributed by atoms with van der Waals surface area (Å²) in [5.74, 6) is -5.06. The maximum atomic E-state index is 14.0. The van der Waals surface area contributed by atoms with Crippen molar-refractivity contribution < 1.29 is 18.7 Å². The minimum atomic E-state index is -2.70. The average molecular weight is 234 g/mol. The normalized spacial score (nSPS) is 20.7. The van der Waals surface area contributed by atoms with E-state index in [9.17, 15) is 13.6 Å². The standard InChI is InChI=1S/C12H20F2O2/c1-9(7-8-11(15)16)12(13,14)10-5-3-2-4-6-10/h9-10H,2-8H2,1H3,(H,15,16). The number of rotatable bonds is 5. The monoisotopic (exact) mass is 234 g/mol. The van der Waals surface area contributed by atoms with Gasteiger partial charge in [-0.3, -0.25) is 4.79 Å². The molecule has 2 nitrogen and oxygen atoms in total. The van der Waals surface area contributed by atoms with Crippen LogP contribution in [0.4, 0.5) is 8.78 Å². The topological polar surface area (TPSA) is 37.3 Å². The number of aliphatic carboxylic acids is 1. The van der Waals surface area contributed by atoms with Crippen LogP contribution in [0.5, 0.6) is 0 Å². The minimum absolute atomic E-state index is 0.0683. The van der Waals surface area contributed by atoms with Gasteiger partial charge in [-0.1, -0.05) is 26.2 Å². The quantitative estimate of drug-likeness (QED) is 0.787. The summed E-state index contributed by atoms with van der Waals surface area (Å²) >= 11 is 0. The fourth-order valence-corrected chi connectivity index (χ4v) is 2.42. The Morgan fingerprint density at radius 3 is 2.44 bits per heavy atom. The van der Waals surface area contributed by atoms with Crippen LogP contribution < -0.4 is 0 Å². The molecule has 0 saturated heterocycles. The fraction of sp³-hybridized carbons (Fsp3) is 0.917. The number of hydrogen-bond acceptors (Lipinski definition) is 1. The smallest absolute Gasteiger partial charge is 0.303 e. The molecule has 0 aromatic carbocycles. The van der Waals surface area contributed by atoms with Gasteiger partial charge in [0.05, 0.1) is 0 Å². The van der Waals surface area contributed by atoms with Crippen LogP contribution in [0.25, 0.3) is 0 Å². The molecule has 1 atom stereocenters. The Morgan fingerprint density at radius 2 is 1.94 bits per heavy atom. The number of carboxylic acid groups (broad SMARTS) is 1. The van der Waals surface area contributed by atoms with Gasteiger partial charge in [-0.25, -0.2) is 8.78 Å². The van der Waals surface area contributed by atoms with Crippen LogP contribution in [-0.4, -0.2) is 17.0 Å². The maximum absolute atomic E-state index is 14.0. The molecule has 1 aliphatic rings. The number of carboxylic acids is 1. The van der Waals surface area contributed by atoms with Gasteiger partial charge in [-0.15, -0.1) is 0 Å². The highest BCUT2D eigenvalue weighted by atomic mass is 19.3. The highest BCUT2D eigenvalue weighted by Crippen LogP contribution is 2.42. The molecular formula is C12H20F2O2. The lowest BCUT2D eigenvalue weighted by molar-refractivity contribution is -0.140. The number of alkyl halides is 2. The highest BCUT2D eigenvalue weighted by molar-refractivity contribution is 5.66. The van der Waals surface area contributed by atoms with E-state index in [0.717, 1.165) is 19.3 Å². The Balaban J connectivity index is 2.49. The zero-order valence-electron chi connectivity index (χ0n) is 9.72. The molecule has 0 aromatic rings. The van der Waals surface area contributed by atoms with Gasteiger partial charge in [-0.2, -0.15) is 0 Å². The predicted octanol–water partition coefficient (Wildman–Crippen LogP) is 3.70. The van der Waals surface area contributed by atoms with Crippen molar-refractivity contribution in [3.05, 3.63) is 0 Å². The van der Waals surface area contributed by atoms with Crippen LogP contribution in [-0.2, 0) is 4.79 Å². The molecule has 0 radical (unpaired) electrons. The molecule has 0 spiro atoms. The first-order valence-electron chi connectivity index (χ1n) is 6.04. The Bertz CT molecular complexity index is 235. The van der Waals surface area contributed by atoms with Crippen molar-refractivity contribution in [3.8, 4) is 0 Å². The Morgan fingerprint density at radius 1 is 1.38 bits per heavy atom. The summed E-state index contributed by atoms with van der Waals surface area (Å²) in [7, 11) is 0. The second-order valence-corrected chi connectivity index (χ2v) is 4.84. The summed E-state index contributed by atoms with van der Waals surface area (Å²) in [6.07, 6.45) is 3.89. The van der Waals surface area contributed by atoms with Gasteiger partial charge in [0.25, 0.3) is 5.92 Å². The molecule has 94 valence electrons. The van der Waals surface area contributed by atoms with Gasteiger partial charge in [0.2, 0.25) is 0 Å². The molecular weight excluding hydrogens is 214 g/mol. The molecule has 0 aliphatic heterocycles. The Kier molecular flexibility index (Phi) is 4.69. The fourth-order valence-electron chi connectivity index (χ4n) is 2.42. The van der Waals surface area contributed by atoms with E-state index in [4.69, 9.17) is 5.11 Å². The predicted molar refractivity (Wildman–Crippen MR) is 57.6 cm³/mol. The molecule has 1 unspecified atom stereocenters. The van der Waals surface area contributed by atoms with E-state index in [-0.39, 0.29) is 12.8 Å². The molecule has 16 heavy (non-hydrogen) atoms. The van der Waals surface area contributed by atoms with E-state index < -0.39 is 23.7 Å². The van der Waals surface area contributed by atoms with Crippen molar-refractivity contribution in [2.45, 2.75) is 57.8 Å². The molecule has 1 saturated carbocycles. The molecule has 1 fully saturated rings. The third-order valence-corrected chi connectivity index (χ3v) is 3.60. The summed E-state index contributed by atoms with van der Waals surface area (Å²) in [6, 6.07) is 0. The lowest BCUT2D eigenvalue weighted by atomic mass is 9.79. The van der Waals surface area contributed by atoms with Crippen molar-refractivity contribution in [1.82, 2.24) is 0 Å². The minimum Gasteiger partial charge on any atom is -0.481 e. The van der Waals surface area contributed by atoms with Gasteiger partial charge < -0.3 is 5.11 Å². The first kappa shape index (κ1) is 13.4. The van der Waals surface area contributed by atoms with E-state index in [2.05, 4.69) is 0 Å². The molecule has 1 N–H and O–H groups in total. The summed E-state index contributed by atoms with van der Waals surface area (Å²) in [4.78, 5) is 10.4. The molecule has 1 aliphatic carbocycles. The van der Waals surface area contributed by atoms with Gasteiger partial charge in [0.15, 0.2) is 0 Å². The van der Waals surface area contributed by atoms with Gasteiger partial charge in [0, 0.05) is 18.3 Å². The van der Waals surface area contributed by atoms with Crippen LogP contribution in [0.15, 0.2) is 0 Å². The number of hydrogen-bond donors (Lipinski definition) is 1. The molecule has 1 rings (SSSR count). The van der Waals surface area contributed by atoms with Crippen LogP contribution >= 0.6 is 0 Å². The highest BCUT2D eigenvalue weighted by Gasteiger charge is 2.44. The van der Waals surface area contributed by atoms with Crippen molar-refractivity contribution in [2.75, 3.05) is 0 Å². The van der Waals surface area contributed by atoms with Gasteiger partial charge in [-0.05, 0) is 19.3 Å². The third-order valence-electron chi connectivity index (χ3n) is 3.60. The lowest BCUT2D eigenvalue weighted by Gasteiger charge is -2.34. The van der Waals surface area contributed by atoms with Crippen molar-refractivity contribution in [2.24, 2.45) is 11.8 Å². The van der Waals surface area contributed by atoms with Gasteiger partial charge in [0.1, 0.15) is 0 Å². The van der Waals surface area contributed by atoms with Crippen LogP contribution in [0.1, 0.15) is 51.9 Å². The van der Waals surface area contributed by atoms with Crippen LogP contribution in [0, 0.1) is 11.8 Å². The molecule has 0 aromatic heterocycles. The summed E-state index contributed by atoms with van der Waals surface area (Å²) in [5, 5.41) is 8.49. The summed E-state index contributed by atoms with van der Waals surface area (Å²) < 4.78 is 27.9. The van der Waals surface area contributed by atoms with Crippen molar-refractivity contribution in [1.29, 1.82) is 0 Å². The van der Waals surface area contributed by atoms with Crippen molar-refractivity contribution in [3.63, 3.8) is 0 Å². The average Bonchev–Trinajstić information content (AvgIpc) is 2.27.